The lowest BCUT2D eigenvalue weighted by atomic mass is 10.1. The van der Waals surface area contributed by atoms with Gasteiger partial charge in [-0.2, -0.15) is 0 Å². The zero-order valence-electron chi connectivity index (χ0n) is 8.32. The SMILES string of the molecule is C\C=C(C)/C(OC)=C(F)\C(C)=C\F. The minimum atomic E-state index is -0.666. The van der Waals surface area contributed by atoms with E-state index in [0.29, 0.717) is 5.57 Å². The molecule has 0 N–H and O–H groups in total. The molecule has 0 aromatic rings. The standard InChI is InChI=1S/C10H14F2O/c1-5-7(2)10(13-4)9(12)8(3)6-11/h5-6H,1-4H3/b7-5-,8-6+,10-9-. The monoisotopic (exact) mass is 188 g/mol. The van der Waals surface area contributed by atoms with Gasteiger partial charge in [-0.1, -0.05) is 6.08 Å². The highest BCUT2D eigenvalue weighted by Gasteiger charge is 2.10. The maximum atomic E-state index is 13.3. The van der Waals surface area contributed by atoms with Gasteiger partial charge in [-0.25, -0.2) is 8.78 Å². The number of halogens is 2. The highest BCUT2D eigenvalue weighted by molar-refractivity contribution is 5.34. The number of hydrogen-bond donors (Lipinski definition) is 0. The first-order chi connectivity index (χ1) is 6.08. The third kappa shape index (κ3) is 3.01. The molecule has 0 aliphatic heterocycles. The first-order valence-corrected chi connectivity index (χ1v) is 3.92. The van der Waals surface area contributed by atoms with Gasteiger partial charge in [0.25, 0.3) is 0 Å². The predicted molar refractivity (Wildman–Crippen MR) is 49.4 cm³/mol. The molecule has 0 aromatic carbocycles. The number of allylic oxidation sites excluding steroid dienone is 4. The lowest BCUT2D eigenvalue weighted by Gasteiger charge is -2.07. The van der Waals surface area contributed by atoms with E-state index >= 15 is 0 Å². The first kappa shape index (κ1) is 11.9. The van der Waals surface area contributed by atoms with Gasteiger partial charge in [-0.15, -0.1) is 0 Å². The Morgan fingerprint density at radius 1 is 1.23 bits per heavy atom. The van der Waals surface area contributed by atoms with Crippen LogP contribution in [-0.4, -0.2) is 7.11 Å². The summed E-state index contributed by atoms with van der Waals surface area (Å²) in [6.45, 7) is 4.80. The van der Waals surface area contributed by atoms with Crippen LogP contribution in [0, 0.1) is 0 Å². The third-order valence-corrected chi connectivity index (χ3v) is 1.70. The van der Waals surface area contributed by atoms with E-state index in [0.717, 1.165) is 0 Å². The largest absolute Gasteiger partial charge is 0.493 e. The minimum absolute atomic E-state index is 0.0712. The van der Waals surface area contributed by atoms with Crippen molar-refractivity contribution in [1.82, 2.24) is 0 Å². The van der Waals surface area contributed by atoms with Crippen molar-refractivity contribution in [2.75, 3.05) is 7.11 Å². The van der Waals surface area contributed by atoms with Crippen LogP contribution in [0.15, 0.2) is 35.1 Å². The molecule has 0 aliphatic rings. The average Bonchev–Trinajstić information content (AvgIpc) is 2.17. The van der Waals surface area contributed by atoms with Crippen molar-refractivity contribution >= 4 is 0 Å². The van der Waals surface area contributed by atoms with E-state index < -0.39 is 5.83 Å². The normalized spacial score (nSPS) is 15.5. The second-order valence-electron chi connectivity index (χ2n) is 2.61. The Bertz CT molecular complexity index is 262. The number of methoxy groups -OCH3 is 1. The van der Waals surface area contributed by atoms with Crippen LogP contribution >= 0.6 is 0 Å². The van der Waals surface area contributed by atoms with E-state index in [2.05, 4.69) is 0 Å². The number of ether oxygens (including phenoxy) is 1. The zero-order valence-corrected chi connectivity index (χ0v) is 8.32. The molecule has 0 saturated carbocycles. The highest BCUT2D eigenvalue weighted by Crippen LogP contribution is 2.22. The van der Waals surface area contributed by atoms with E-state index in [1.165, 1.54) is 14.0 Å². The molecule has 0 aromatic heterocycles. The summed E-state index contributed by atoms with van der Waals surface area (Å²) in [4.78, 5) is 0. The lowest BCUT2D eigenvalue weighted by Crippen LogP contribution is -1.94. The van der Waals surface area contributed by atoms with Crippen molar-refractivity contribution in [1.29, 1.82) is 0 Å². The summed E-state index contributed by atoms with van der Waals surface area (Å²) in [6.07, 6.45) is 1.92. The van der Waals surface area contributed by atoms with E-state index in [9.17, 15) is 8.78 Å². The second kappa shape index (κ2) is 5.51. The highest BCUT2D eigenvalue weighted by atomic mass is 19.1. The van der Waals surface area contributed by atoms with E-state index in [-0.39, 0.29) is 17.7 Å². The summed E-state index contributed by atoms with van der Waals surface area (Å²) in [6, 6.07) is 0. The van der Waals surface area contributed by atoms with Crippen molar-refractivity contribution in [2.24, 2.45) is 0 Å². The van der Waals surface area contributed by atoms with E-state index in [1.54, 1.807) is 19.9 Å². The van der Waals surface area contributed by atoms with Gasteiger partial charge in [-0.05, 0) is 26.3 Å². The van der Waals surface area contributed by atoms with Crippen LogP contribution in [0.5, 0.6) is 0 Å². The second-order valence-corrected chi connectivity index (χ2v) is 2.61. The van der Waals surface area contributed by atoms with Crippen LogP contribution in [0.4, 0.5) is 8.78 Å². The predicted octanol–water partition coefficient (Wildman–Crippen LogP) is 3.65. The molecule has 0 aliphatic carbocycles. The van der Waals surface area contributed by atoms with Gasteiger partial charge in [0.15, 0.2) is 11.6 Å². The minimum Gasteiger partial charge on any atom is -0.493 e. The van der Waals surface area contributed by atoms with Crippen molar-refractivity contribution in [3.05, 3.63) is 35.1 Å². The number of rotatable bonds is 3. The first-order valence-electron chi connectivity index (χ1n) is 3.92. The molecule has 0 saturated heterocycles. The fourth-order valence-corrected chi connectivity index (χ4v) is 0.782. The zero-order chi connectivity index (χ0) is 10.4. The van der Waals surface area contributed by atoms with Crippen LogP contribution in [0.25, 0.3) is 0 Å². The quantitative estimate of drug-likeness (QED) is 0.485. The molecule has 0 bridgehead atoms. The summed E-state index contributed by atoms with van der Waals surface area (Å²) < 4.78 is 30.1. The van der Waals surface area contributed by atoms with Gasteiger partial charge < -0.3 is 4.74 Å². The Morgan fingerprint density at radius 2 is 1.77 bits per heavy atom. The van der Waals surface area contributed by atoms with Gasteiger partial charge in [0, 0.05) is 5.57 Å². The molecular weight excluding hydrogens is 174 g/mol. The topological polar surface area (TPSA) is 9.23 Å². The summed E-state index contributed by atoms with van der Waals surface area (Å²) in [7, 11) is 1.35. The fraction of sp³-hybridized carbons (Fsp3) is 0.400. The molecular formula is C10H14F2O. The van der Waals surface area contributed by atoms with Gasteiger partial charge in [-0.3, -0.25) is 0 Å². The smallest absolute Gasteiger partial charge is 0.170 e. The third-order valence-electron chi connectivity index (χ3n) is 1.70. The van der Waals surface area contributed by atoms with Crippen molar-refractivity contribution in [3.63, 3.8) is 0 Å². The molecule has 0 fully saturated rings. The maximum Gasteiger partial charge on any atom is 0.170 e. The molecule has 1 nitrogen and oxygen atoms in total. The molecule has 0 amide bonds. The van der Waals surface area contributed by atoms with Crippen molar-refractivity contribution in [2.45, 2.75) is 20.8 Å². The fourth-order valence-electron chi connectivity index (χ4n) is 0.782. The van der Waals surface area contributed by atoms with Crippen LogP contribution in [-0.2, 0) is 4.74 Å². The molecule has 13 heavy (non-hydrogen) atoms. The molecule has 3 heteroatoms. The Kier molecular flexibility index (Phi) is 5.04. The summed E-state index contributed by atoms with van der Waals surface area (Å²) in [5, 5.41) is 0. The van der Waals surface area contributed by atoms with Crippen LogP contribution in [0.2, 0.25) is 0 Å². The van der Waals surface area contributed by atoms with Crippen LogP contribution in [0.1, 0.15) is 20.8 Å². The van der Waals surface area contributed by atoms with Crippen LogP contribution < -0.4 is 0 Å². The molecule has 0 atom stereocenters. The molecule has 0 unspecified atom stereocenters. The lowest BCUT2D eigenvalue weighted by molar-refractivity contribution is 0.286. The van der Waals surface area contributed by atoms with Crippen LogP contribution in [0.3, 0.4) is 0 Å². The Hall–Kier alpha value is -1.12. The Morgan fingerprint density at radius 3 is 2.08 bits per heavy atom. The Labute approximate surface area is 77.4 Å². The molecule has 0 heterocycles. The molecule has 74 valence electrons. The van der Waals surface area contributed by atoms with Crippen molar-refractivity contribution < 1.29 is 13.5 Å². The summed E-state index contributed by atoms with van der Waals surface area (Å²) in [5.74, 6) is -0.588. The van der Waals surface area contributed by atoms with Gasteiger partial charge in [0.2, 0.25) is 0 Å². The van der Waals surface area contributed by atoms with Gasteiger partial charge >= 0.3 is 0 Å². The van der Waals surface area contributed by atoms with Gasteiger partial charge in [0.05, 0.1) is 13.4 Å². The van der Waals surface area contributed by atoms with E-state index in [4.69, 9.17) is 4.74 Å². The average molecular weight is 188 g/mol. The Balaban J connectivity index is 5.14. The number of hydrogen-bond acceptors (Lipinski definition) is 1. The molecule has 0 rings (SSSR count). The van der Waals surface area contributed by atoms with E-state index in [1.807, 2.05) is 0 Å². The maximum absolute atomic E-state index is 13.3. The molecule has 0 radical (unpaired) electrons. The summed E-state index contributed by atoms with van der Waals surface area (Å²) >= 11 is 0. The van der Waals surface area contributed by atoms with Crippen molar-refractivity contribution in [3.8, 4) is 0 Å². The van der Waals surface area contributed by atoms with Gasteiger partial charge in [0.1, 0.15) is 0 Å². The summed E-state index contributed by atoms with van der Waals surface area (Å²) in [5.41, 5.74) is 0.569. The molecule has 0 spiro atoms.